The molecule has 0 aromatic rings. The van der Waals surface area contributed by atoms with Crippen LogP contribution in [0.25, 0.3) is 0 Å². The molecule has 96 valence electrons. The van der Waals surface area contributed by atoms with E-state index in [1.807, 2.05) is 7.11 Å². The van der Waals surface area contributed by atoms with E-state index in [1.54, 1.807) is 0 Å². The number of rotatable bonds is 6. The molecule has 0 aromatic carbocycles. The van der Waals surface area contributed by atoms with Crippen LogP contribution < -0.4 is 11.3 Å². The van der Waals surface area contributed by atoms with Gasteiger partial charge < -0.3 is 4.74 Å². The number of nitrogens with two attached hydrogens (primary N) is 1. The summed E-state index contributed by atoms with van der Waals surface area (Å²) in [6.07, 6.45) is 11.1. The Morgan fingerprint density at radius 3 is 2.31 bits per heavy atom. The molecule has 0 amide bonds. The van der Waals surface area contributed by atoms with Gasteiger partial charge >= 0.3 is 0 Å². The first-order chi connectivity index (χ1) is 7.79. The van der Waals surface area contributed by atoms with Gasteiger partial charge in [0.05, 0.1) is 11.6 Å². The first kappa shape index (κ1) is 13.9. The highest BCUT2D eigenvalue weighted by Crippen LogP contribution is 2.34. The lowest BCUT2D eigenvalue weighted by molar-refractivity contribution is -0.0552. The Morgan fingerprint density at radius 2 is 1.88 bits per heavy atom. The smallest absolute Gasteiger partial charge is 0.0844 e. The summed E-state index contributed by atoms with van der Waals surface area (Å²) >= 11 is 0. The maximum absolute atomic E-state index is 5.87. The molecule has 1 aliphatic carbocycles. The lowest BCUT2D eigenvalue weighted by Crippen LogP contribution is -2.54. The van der Waals surface area contributed by atoms with Crippen LogP contribution >= 0.6 is 0 Å². The number of unbranched alkanes of at least 4 members (excludes halogenated alkanes) is 1. The molecule has 1 rings (SSSR count). The van der Waals surface area contributed by atoms with Crippen LogP contribution in [0.5, 0.6) is 0 Å². The maximum atomic E-state index is 5.87. The Hall–Kier alpha value is -0.120. The zero-order valence-electron chi connectivity index (χ0n) is 10.9. The second-order valence-corrected chi connectivity index (χ2v) is 5.04. The van der Waals surface area contributed by atoms with Gasteiger partial charge in [0.15, 0.2) is 0 Å². The van der Waals surface area contributed by atoms with E-state index in [0.717, 1.165) is 19.3 Å². The highest BCUT2D eigenvalue weighted by Gasteiger charge is 2.38. The minimum atomic E-state index is -0.0135. The van der Waals surface area contributed by atoms with Gasteiger partial charge in [-0.05, 0) is 19.3 Å². The number of hydrazine groups is 1. The van der Waals surface area contributed by atoms with E-state index in [1.165, 1.54) is 38.5 Å². The fraction of sp³-hybridized carbons (Fsp3) is 1.00. The topological polar surface area (TPSA) is 47.3 Å². The summed E-state index contributed by atoms with van der Waals surface area (Å²) < 4.78 is 5.87. The monoisotopic (exact) mass is 228 g/mol. The van der Waals surface area contributed by atoms with E-state index >= 15 is 0 Å². The van der Waals surface area contributed by atoms with Crippen molar-refractivity contribution < 1.29 is 4.74 Å². The largest absolute Gasteiger partial charge is 0.377 e. The molecule has 0 saturated heterocycles. The molecule has 3 N–H and O–H groups in total. The minimum Gasteiger partial charge on any atom is -0.377 e. The Kier molecular flexibility index (Phi) is 6.32. The molecule has 0 heterocycles. The third kappa shape index (κ3) is 3.44. The summed E-state index contributed by atoms with van der Waals surface area (Å²) in [4.78, 5) is 0. The molecule has 0 aromatic heterocycles. The van der Waals surface area contributed by atoms with Gasteiger partial charge in [-0.15, -0.1) is 0 Å². The Morgan fingerprint density at radius 1 is 1.25 bits per heavy atom. The van der Waals surface area contributed by atoms with Crippen molar-refractivity contribution in [2.75, 3.05) is 7.11 Å². The quantitative estimate of drug-likeness (QED) is 0.417. The minimum absolute atomic E-state index is 0.0135. The molecule has 1 unspecified atom stereocenters. The molecule has 16 heavy (non-hydrogen) atoms. The van der Waals surface area contributed by atoms with Gasteiger partial charge in [-0.25, -0.2) is 0 Å². The third-order valence-corrected chi connectivity index (χ3v) is 4.04. The van der Waals surface area contributed by atoms with Crippen LogP contribution in [0.15, 0.2) is 0 Å². The number of ether oxygens (including phenoxy) is 1. The van der Waals surface area contributed by atoms with Crippen LogP contribution in [0.4, 0.5) is 0 Å². The van der Waals surface area contributed by atoms with Crippen LogP contribution in [-0.4, -0.2) is 18.8 Å². The Labute approximate surface area is 100 Å². The lowest BCUT2D eigenvalue weighted by atomic mass is 9.84. The summed E-state index contributed by atoms with van der Waals surface area (Å²) in [5, 5.41) is 0. The second kappa shape index (κ2) is 7.25. The lowest BCUT2D eigenvalue weighted by Gasteiger charge is -2.39. The molecular formula is C13H28N2O. The number of hydrogen-bond donors (Lipinski definition) is 2. The average Bonchev–Trinajstić information content (AvgIpc) is 2.56. The Bertz CT molecular complexity index is 177. The Balaban J connectivity index is 2.65. The maximum Gasteiger partial charge on any atom is 0.0844 e. The van der Waals surface area contributed by atoms with Crippen molar-refractivity contribution in [3.8, 4) is 0 Å². The molecule has 1 atom stereocenters. The zero-order valence-corrected chi connectivity index (χ0v) is 10.9. The van der Waals surface area contributed by atoms with E-state index in [-0.39, 0.29) is 5.60 Å². The molecule has 3 nitrogen and oxygen atoms in total. The van der Waals surface area contributed by atoms with Crippen molar-refractivity contribution in [2.24, 2.45) is 5.84 Å². The second-order valence-electron chi connectivity index (χ2n) is 5.04. The molecule has 1 aliphatic rings. The standard InChI is InChI=1S/C13H28N2O/c1-3-4-9-12(15-14)13(16-2)10-7-5-6-8-11-13/h12,15H,3-11,14H2,1-2H3. The van der Waals surface area contributed by atoms with Crippen LogP contribution in [0.1, 0.15) is 64.7 Å². The van der Waals surface area contributed by atoms with E-state index in [2.05, 4.69) is 12.3 Å². The summed E-state index contributed by atoms with van der Waals surface area (Å²) in [6, 6.07) is 0.315. The van der Waals surface area contributed by atoms with Crippen LogP contribution in [-0.2, 0) is 4.74 Å². The zero-order chi connectivity index (χ0) is 11.9. The molecule has 0 bridgehead atoms. The SMILES string of the molecule is CCCCC(NN)C1(OC)CCCCCC1. The van der Waals surface area contributed by atoms with Crippen LogP contribution in [0.3, 0.4) is 0 Å². The van der Waals surface area contributed by atoms with Gasteiger partial charge in [0.25, 0.3) is 0 Å². The van der Waals surface area contributed by atoms with E-state index in [9.17, 15) is 0 Å². The third-order valence-electron chi connectivity index (χ3n) is 4.04. The number of nitrogens with one attached hydrogen (secondary N) is 1. The van der Waals surface area contributed by atoms with Crippen molar-refractivity contribution in [3.63, 3.8) is 0 Å². The fourth-order valence-corrected chi connectivity index (χ4v) is 2.93. The molecule has 0 spiro atoms. The van der Waals surface area contributed by atoms with Crippen molar-refractivity contribution in [3.05, 3.63) is 0 Å². The molecule has 0 radical (unpaired) electrons. The molecule has 1 fully saturated rings. The van der Waals surface area contributed by atoms with Crippen molar-refractivity contribution in [1.29, 1.82) is 0 Å². The predicted molar refractivity (Wildman–Crippen MR) is 68.1 cm³/mol. The van der Waals surface area contributed by atoms with Gasteiger partial charge in [0.1, 0.15) is 0 Å². The molecule has 1 saturated carbocycles. The summed E-state index contributed by atoms with van der Waals surface area (Å²) in [7, 11) is 1.85. The first-order valence-electron chi connectivity index (χ1n) is 6.80. The first-order valence-corrected chi connectivity index (χ1v) is 6.80. The number of hydrogen-bond acceptors (Lipinski definition) is 3. The normalized spacial score (nSPS) is 22.7. The fourth-order valence-electron chi connectivity index (χ4n) is 2.93. The van der Waals surface area contributed by atoms with Crippen LogP contribution in [0, 0.1) is 0 Å². The number of methoxy groups -OCH3 is 1. The highest BCUT2D eigenvalue weighted by atomic mass is 16.5. The van der Waals surface area contributed by atoms with Crippen molar-refractivity contribution in [1.82, 2.24) is 5.43 Å². The van der Waals surface area contributed by atoms with Gasteiger partial charge in [-0.1, -0.05) is 45.4 Å². The molecular weight excluding hydrogens is 200 g/mol. The molecule has 0 aliphatic heterocycles. The van der Waals surface area contributed by atoms with Gasteiger partial charge in [-0.3, -0.25) is 11.3 Å². The molecule has 3 heteroatoms. The summed E-state index contributed by atoms with van der Waals surface area (Å²) in [5.74, 6) is 5.73. The average molecular weight is 228 g/mol. The predicted octanol–water partition coefficient (Wildman–Crippen LogP) is 2.75. The summed E-state index contributed by atoms with van der Waals surface area (Å²) in [5.41, 5.74) is 2.99. The van der Waals surface area contributed by atoms with Crippen molar-refractivity contribution >= 4 is 0 Å². The van der Waals surface area contributed by atoms with Crippen LogP contribution in [0.2, 0.25) is 0 Å². The summed E-state index contributed by atoms with van der Waals surface area (Å²) in [6.45, 7) is 2.22. The van der Waals surface area contributed by atoms with Gasteiger partial charge in [-0.2, -0.15) is 0 Å². The van der Waals surface area contributed by atoms with E-state index < -0.39 is 0 Å². The van der Waals surface area contributed by atoms with E-state index in [0.29, 0.717) is 6.04 Å². The van der Waals surface area contributed by atoms with Crippen molar-refractivity contribution in [2.45, 2.75) is 76.4 Å². The van der Waals surface area contributed by atoms with Gasteiger partial charge in [0.2, 0.25) is 0 Å². The van der Waals surface area contributed by atoms with Gasteiger partial charge in [0, 0.05) is 7.11 Å². The van der Waals surface area contributed by atoms with E-state index in [4.69, 9.17) is 10.6 Å². The highest BCUT2D eigenvalue weighted by molar-refractivity contribution is 4.93.